The summed E-state index contributed by atoms with van der Waals surface area (Å²) in [6.07, 6.45) is -17.4. The van der Waals surface area contributed by atoms with Crippen molar-refractivity contribution >= 4 is 12.1 Å². The Kier molecular flexibility index (Phi) is 9.01. The molecule has 142 valence electrons. The Hall–Kier alpha value is -1.06. The monoisotopic (exact) mass is 358 g/mol. The Balaban J connectivity index is 5.64. The van der Waals surface area contributed by atoms with E-state index in [-0.39, 0.29) is 6.29 Å². The second kappa shape index (κ2) is 9.43. The highest BCUT2D eigenvalue weighted by Gasteiger charge is 2.55. The van der Waals surface area contributed by atoms with Crippen LogP contribution in [0, 0.1) is 0 Å². The number of hydrogen-bond donors (Lipinski definition) is 10. The SMILES string of the molecule is O=C[C@@H](O)[C@@H](O)[C@@](O)(C(=O)[C@@H](O)[C@@H](O)[C@H](O)[C@H](O)CO)[C@H](O)CO. The van der Waals surface area contributed by atoms with Gasteiger partial charge in [-0.25, -0.2) is 0 Å². The van der Waals surface area contributed by atoms with E-state index < -0.39 is 67.3 Å². The molecule has 0 saturated carbocycles. The summed E-state index contributed by atoms with van der Waals surface area (Å²) in [6, 6.07) is 0. The van der Waals surface area contributed by atoms with Gasteiger partial charge >= 0.3 is 0 Å². The minimum atomic E-state index is -3.50. The molecular weight excluding hydrogens is 336 g/mol. The summed E-state index contributed by atoms with van der Waals surface area (Å²) in [6.45, 7) is -2.41. The van der Waals surface area contributed by atoms with E-state index >= 15 is 0 Å². The van der Waals surface area contributed by atoms with Gasteiger partial charge in [0.15, 0.2) is 11.9 Å². The van der Waals surface area contributed by atoms with Gasteiger partial charge in [-0.05, 0) is 0 Å². The Bertz CT molecular complexity index is 417. The molecule has 0 unspecified atom stereocenters. The van der Waals surface area contributed by atoms with Gasteiger partial charge in [-0.3, -0.25) is 4.79 Å². The first-order chi connectivity index (χ1) is 11.0. The summed E-state index contributed by atoms with van der Waals surface area (Å²) in [5.41, 5.74) is -3.50. The zero-order valence-corrected chi connectivity index (χ0v) is 12.3. The molecule has 0 aliphatic carbocycles. The molecule has 0 fully saturated rings. The maximum absolute atomic E-state index is 12.1. The van der Waals surface area contributed by atoms with Gasteiger partial charge in [0.1, 0.15) is 42.7 Å². The molecule has 0 aromatic rings. The molecular formula is C12H22O12. The first-order valence-corrected chi connectivity index (χ1v) is 6.70. The minimum absolute atomic E-state index is 0.305. The van der Waals surface area contributed by atoms with Gasteiger partial charge in [0.05, 0.1) is 13.2 Å². The molecule has 0 aliphatic heterocycles. The number of aliphatic hydroxyl groups excluding tert-OH is 9. The topological polar surface area (TPSA) is 236 Å². The average molecular weight is 358 g/mol. The van der Waals surface area contributed by atoms with Gasteiger partial charge < -0.3 is 55.9 Å². The number of carbonyl (C=O) groups excluding carboxylic acids is 2. The molecule has 0 aliphatic rings. The fourth-order valence-corrected chi connectivity index (χ4v) is 1.90. The van der Waals surface area contributed by atoms with Crippen molar-refractivity contribution in [3.05, 3.63) is 0 Å². The van der Waals surface area contributed by atoms with Crippen LogP contribution < -0.4 is 0 Å². The van der Waals surface area contributed by atoms with Gasteiger partial charge in [-0.15, -0.1) is 0 Å². The van der Waals surface area contributed by atoms with Crippen LogP contribution in [-0.4, -0.2) is 125 Å². The summed E-state index contributed by atoms with van der Waals surface area (Å²) >= 11 is 0. The third-order valence-electron chi connectivity index (χ3n) is 3.51. The smallest absolute Gasteiger partial charge is 0.201 e. The number of Topliss-reactive ketones (excluding diaryl/α,β-unsaturated/α-hetero) is 1. The molecule has 0 radical (unpaired) electrons. The second-order valence-electron chi connectivity index (χ2n) is 5.14. The zero-order valence-electron chi connectivity index (χ0n) is 12.3. The van der Waals surface area contributed by atoms with E-state index in [0.29, 0.717) is 0 Å². The average Bonchev–Trinajstić information content (AvgIpc) is 2.61. The third kappa shape index (κ3) is 4.52. The molecule has 12 nitrogen and oxygen atoms in total. The lowest BCUT2D eigenvalue weighted by atomic mass is 9.79. The molecule has 24 heavy (non-hydrogen) atoms. The van der Waals surface area contributed by atoms with Crippen molar-refractivity contribution in [2.45, 2.75) is 48.3 Å². The normalized spacial score (nSPS) is 23.2. The molecule has 0 amide bonds. The van der Waals surface area contributed by atoms with Gasteiger partial charge in [-0.1, -0.05) is 0 Å². The Morgan fingerprint density at radius 3 is 1.79 bits per heavy atom. The lowest BCUT2D eigenvalue weighted by molar-refractivity contribution is -0.204. The standard InChI is InChI=1S/C12H22O12/c13-1-4(16)7(19)8(20)9(21)11(23)12(24,6(18)3-15)10(22)5(17)2-14/h2,4-10,13,15-22,24H,1,3H2/t4-,5-,6-,7-,8+,9+,10-,12-/m1/s1. The fraction of sp³-hybridized carbons (Fsp3) is 0.833. The van der Waals surface area contributed by atoms with Crippen molar-refractivity contribution in [3.8, 4) is 0 Å². The number of aldehydes is 1. The highest BCUT2D eigenvalue weighted by atomic mass is 16.4. The van der Waals surface area contributed by atoms with Gasteiger partial charge in [0, 0.05) is 0 Å². The zero-order chi connectivity index (χ0) is 19.2. The van der Waals surface area contributed by atoms with Crippen LogP contribution in [0.25, 0.3) is 0 Å². The van der Waals surface area contributed by atoms with E-state index in [1.54, 1.807) is 0 Å². The van der Waals surface area contributed by atoms with Crippen molar-refractivity contribution in [1.82, 2.24) is 0 Å². The van der Waals surface area contributed by atoms with E-state index in [2.05, 4.69) is 0 Å². The lowest BCUT2D eigenvalue weighted by Crippen LogP contribution is -2.67. The van der Waals surface area contributed by atoms with Crippen LogP contribution in [0.5, 0.6) is 0 Å². The molecule has 12 heteroatoms. The molecule has 0 spiro atoms. The van der Waals surface area contributed by atoms with Crippen LogP contribution in [0.3, 0.4) is 0 Å². The summed E-state index contributed by atoms with van der Waals surface area (Å²) < 4.78 is 0. The van der Waals surface area contributed by atoms with E-state index in [1.165, 1.54) is 0 Å². The summed E-state index contributed by atoms with van der Waals surface area (Å²) in [5, 5.41) is 93.9. The van der Waals surface area contributed by atoms with Crippen LogP contribution >= 0.6 is 0 Å². The van der Waals surface area contributed by atoms with Crippen molar-refractivity contribution < 1.29 is 60.7 Å². The molecule has 8 atom stereocenters. The molecule has 10 N–H and O–H groups in total. The van der Waals surface area contributed by atoms with Crippen LogP contribution in [0.1, 0.15) is 0 Å². The van der Waals surface area contributed by atoms with E-state index in [4.69, 9.17) is 15.3 Å². The van der Waals surface area contributed by atoms with Crippen molar-refractivity contribution in [2.24, 2.45) is 0 Å². The maximum atomic E-state index is 12.1. The molecule has 0 saturated heterocycles. The second-order valence-corrected chi connectivity index (χ2v) is 5.14. The number of hydrogen-bond acceptors (Lipinski definition) is 12. The number of rotatable bonds is 11. The maximum Gasteiger partial charge on any atom is 0.201 e. The molecule has 0 aromatic heterocycles. The quantitative estimate of drug-likeness (QED) is 0.155. The Morgan fingerprint density at radius 2 is 1.42 bits per heavy atom. The van der Waals surface area contributed by atoms with E-state index in [0.717, 1.165) is 0 Å². The van der Waals surface area contributed by atoms with E-state index in [9.17, 15) is 45.3 Å². The lowest BCUT2D eigenvalue weighted by Gasteiger charge is -2.38. The van der Waals surface area contributed by atoms with Crippen molar-refractivity contribution in [3.63, 3.8) is 0 Å². The van der Waals surface area contributed by atoms with Crippen LogP contribution in [-0.2, 0) is 9.59 Å². The highest BCUT2D eigenvalue weighted by molar-refractivity contribution is 5.93. The Morgan fingerprint density at radius 1 is 0.917 bits per heavy atom. The Labute approximate surface area is 135 Å². The van der Waals surface area contributed by atoms with Crippen molar-refractivity contribution in [2.75, 3.05) is 13.2 Å². The summed E-state index contributed by atoms with van der Waals surface area (Å²) in [5.74, 6) is -1.96. The first-order valence-electron chi connectivity index (χ1n) is 6.70. The number of ketones is 1. The van der Waals surface area contributed by atoms with Gasteiger partial charge in [0.2, 0.25) is 5.78 Å². The minimum Gasteiger partial charge on any atom is -0.394 e. The van der Waals surface area contributed by atoms with Gasteiger partial charge in [0.25, 0.3) is 0 Å². The van der Waals surface area contributed by atoms with Gasteiger partial charge in [-0.2, -0.15) is 0 Å². The van der Waals surface area contributed by atoms with Crippen molar-refractivity contribution in [1.29, 1.82) is 0 Å². The predicted octanol–water partition coefficient (Wildman–Crippen LogP) is -7.00. The third-order valence-corrected chi connectivity index (χ3v) is 3.51. The highest BCUT2D eigenvalue weighted by Crippen LogP contribution is 2.24. The fourth-order valence-electron chi connectivity index (χ4n) is 1.90. The largest absolute Gasteiger partial charge is 0.394 e. The number of aliphatic hydroxyl groups is 10. The molecule has 0 rings (SSSR count). The first kappa shape index (κ1) is 22.9. The molecule has 0 aromatic carbocycles. The summed E-state index contributed by atoms with van der Waals surface area (Å²) in [4.78, 5) is 22.6. The van der Waals surface area contributed by atoms with E-state index in [1.807, 2.05) is 0 Å². The van der Waals surface area contributed by atoms with Crippen LogP contribution in [0.15, 0.2) is 0 Å². The molecule has 0 heterocycles. The predicted molar refractivity (Wildman–Crippen MR) is 72.2 cm³/mol. The molecule has 0 bridgehead atoms. The van der Waals surface area contributed by atoms with Crippen LogP contribution in [0.2, 0.25) is 0 Å². The van der Waals surface area contributed by atoms with Crippen LogP contribution in [0.4, 0.5) is 0 Å². The number of carbonyl (C=O) groups is 2. The summed E-state index contributed by atoms with van der Waals surface area (Å²) in [7, 11) is 0.